The lowest BCUT2D eigenvalue weighted by Crippen LogP contribution is -2.61. The summed E-state index contributed by atoms with van der Waals surface area (Å²) in [5, 5.41) is 33.5. The van der Waals surface area contributed by atoms with Crippen molar-refractivity contribution in [2.24, 2.45) is 11.7 Å². The standard InChI is InChI=1S/C21H29BN2O4/c23-21(20(25)26,10-3-4-11-22(27)28)17-12-18(13-17)24-14-16-8-5-7-15-6-1-2-9-19(15)16/h1-2,5-9,17-18,24,27-28H,3-4,10-14,23H2,(H,25,26). The Bertz CT molecular complexity index is 805. The van der Waals surface area contributed by atoms with Crippen molar-refractivity contribution < 1.29 is 19.9 Å². The van der Waals surface area contributed by atoms with Gasteiger partial charge in [0, 0.05) is 12.6 Å². The third-order valence-corrected chi connectivity index (χ3v) is 6.03. The Morgan fingerprint density at radius 1 is 1.14 bits per heavy atom. The van der Waals surface area contributed by atoms with E-state index < -0.39 is 18.6 Å². The van der Waals surface area contributed by atoms with Crippen molar-refractivity contribution in [3.05, 3.63) is 48.0 Å². The van der Waals surface area contributed by atoms with E-state index in [4.69, 9.17) is 15.8 Å². The quantitative estimate of drug-likeness (QED) is 0.317. The first-order valence-electron chi connectivity index (χ1n) is 9.98. The molecule has 1 atom stereocenters. The van der Waals surface area contributed by atoms with Crippen LogP contribution < -0.4 is 11.1 Å². The first kappa shape index (κ1) is 20.8. The van der Waals surface area contributed by atoms with Gasteiger partial charge in [-0.2, -0.15) is 0 Å². The second-order valence-electron chi connectivity index (χ2n) is 7.96. The number of carbonyl (C=O) groups is 1. The van der Waals surface area contributed by atoms with Gasteiger partial charge in [0.15, 0.2) is 0 Å². The van der Waals surface area contributed by atoms with E-state index in [2.05, 4.69) is 35.6 Å². The maximum Gasteiger partial charge on any atom is 0.451 e. The molecule has 28 heavy (non-hydrogen) atoms. The fourth-order valence-electron chi connectivity index (χ4n) is 4.14. The lowest BCUT2D eigenvalue weighted by molar-refractivity contribution is -0.148. The minimum atomic E-state index is -1.34. The highest BCUT2D eigenvalue weighted by molar-refractivity contribution is 6.40. The van der Waals surface area contributed by atoms with Crippen LogP contribution in [0.3, 0.4) is 0 Å². The molecule has 1 aliphatic carbocycles. The number of hydrogen-bond acceptors (Lipinski definition) is 5. The molecule has 6 nitrogen and oxygen atoms in total. The summed E-state index contributed by atoms with van der Waals surface area (Å²) in [4.78, 5) is 11.8. The SMILES string of the molecule is NC(CCCCB(O)O)(C(=O)O)C1CC(NCc2cccc3ccccc23)C1. The van der Waals surface area contributed by atoms with Crippen LogP contribution in [0.2, 0.25) is 6.32 Å². The number of nitrogens with one attached hydrogen (secondary N) is 1. The van der Waals surface area contributed by atoms with E-state index >= 15 is 0 Å². The molecule has 0 saturated heterocycles. The normalized spacial score (nSPS) is 21.1. The number of fused-ring (bicyclic) bond motifs is 1. The smallest absolute Gasteiger partial charge is 0.451 e. The van der Waals surface area contributed by atoms with Crippen molar-refractivity contribution in [2.75, 3.05) is 0 Å². The number of aliphatic carboxylic acids is 1. The number of rotatable bonds is 10. The van der Waals surface area contributed by atoms with Gasteiger partial charge >= 0.3 is 13.1 Å². The number of carboxylic acids is 1. The molecule has 1 fully saturated rings. The van der Waals surface area contributed by atoms with E-state index in [1.807, 2.05) is 12.1 Å². The van der Waals surface area contributed by atoms with Crippen LogP contribution in [0.25, 0.3) is 10.8 Å². The summed E-state index contributed by atoms with van der Waals surface area (Å²) in [5.41, 5.74) is 6.25. The molecule has 0 heterocycles. The molecule has 0 radical (unpaired) electrons. The first-order chi connectivity index (χ1) is 13.4. The fraction of sp³-hybridized carbons (Fsp3) is 0.476. The van der Waals surface area contributed by atoms with Gasteiger partial charge in [0.2, 0.25) is 0 Å². The first-order valence-corrected chi connectivity index (χ1v) is 9.98. The lowest BCUT2D eigenvalue weighted by atomic mass is 9.66. The number of unbranched alkanes of at least 4 members (excludes halogenated alkanes) is 1. The molecule has 1 saturated carbocycles. The molecule has 0 spiro atoms. The fourth-order valence-corrected chi connectivity index (χ4v) is 4.14. The Kier molecular flexibility index (Phi) is 6.72. The third kappa shape index (κ3) is 4.73. The van der Waals surface area contributed by atoms with Crippen molar-refractivity contribution in [1.29, 1.82) is 0 Å². The molecule has 150 valence electrons. The topological polar surface area (TPSA) is 116 Å². The van der Waals surface area contributed by atoms with Gasteiger partial charge in [-0.1, -0.05) is 55.3 Å². The molecule has 2 aromatic carbocycles. The van der Waals surface area contributed by atoms with Crippen LogP contribution in [0.5, 0.6) is 0 Å². The van der Waals surface area contributed by atoms with Gasteiger partial charge in [-0.05, 0) is 47.8 Å². The maximum absolute atomic E-state index is 11.8. The zero-order valence-electron chi connectivity index (χ0n) is 16.1. The van der Waals surface area contributed by atoms with E-state index in [1.165, 1.54) is 16.3 Å². The summed E-state index contributed by atoms with van der Waals surface area (Å²) in [7, 11) is -1.34. The summed E-state index contributed by atoms with van der Waals surface area (Å²) in [6.45, 7) is 0.748. The van der Waals surface area contributed by atoms with Crippen molar-refractivity contribution in [2.45, 2.75) is 56.5 Å². The zero-order valence-corrected chi connectivity index (χ0v) is 16.1. The molecule has 2 aromatic rings. The highest BCUT2D eigenvalue weighted by Crippen LogP contribution is 2.38. The molecular formula is C21H29BN2O4. The lowest BCUT2D eigenvalue weighted by Gasteiger charge is -2.45. The Labute approximate surface area is 165 Å². The van der Waals surface area contributed by atoms with Gasteiger partial charge in [0.1, 0.15) is 5.54 Å². The van der Waals surface area contributed by atoms with Gasteiger partial charge in [-0.15, -0.1) is 0 Å². The highest BCUT2D eigenvalue weighted by atomic mass is 16.4. The zero-order chi connectivity index (χ0) is 20.1. The Morgan fingerprint density at radius 2 is 1.86 bits per heavy atom. The molecule has 7 heteroatoms. The number of nitrogens with two attached hydrogens (primary N) is 1. The number of carboxylic acid groups (broad SMARTS) is 1. The summed E-state index contributed by atoms with van der Waals surface area (Å²) >= 11 is 0. The minimum Gasteiger partial charge on any atom is -0.480 e. The van der Waals surface area contributed by atoms with Crippen LogP contribution in [-0.4, -0.2) is 39.8 Å². The average molecular weight is 384 g/mol. The summed E-state index contributed by atoms with van der Waals surface area (Å²) in [6.07, 6.45) is 3.22. The summed E-state index contributed by atoms with van der Waals surface area (Å²) in [5.74, 6) is -1.02. The van der Waals surface area contributed by atoms with Crippen LogP contribution in [-0.2, 0) is 11.3 Å². The second kappa shape index (κ2) is 9.05. The van der Waals surface area contributed by atoms with Gasteiger partial charge < -0.3 is 26.2 Å². The van der Waals surface area contributed by atoms with Crippen molar-refractivity contribution in [3.63, 3.8) is 0 Å². The summed E-state index contributed by atoms with van der Waals surface area (Å²) < 4.78 is 0. The molecule has 3 rings (SSSR count). The van der Waals surface area contributed by atoms with Crippen LogP contribution >= 0.6 is 0 Å². The monoisotopic (exact) mass is 384 g/mol. The predicted octanol–water partition coefficient (Wildman–Crippen LogP) is 2.13. The van der Waals surface area contributed by atoms with Crippen LogP contribution in [0, 0.1) is 5.92 Å². The second-order valence-corrected chi connectivity index (χ2v) is 7.96. The van der Waals surface area contributed by atoms with Crippen molar-refractivity contribution in [1.82, 2.24) is 5.32 Å². The van der Waals surface area contributed by atoms with E-state index in [0.29, 0.717) is 19.3 Å². The van der Waals surface area contributed by atoms with E-state index in [1.54, 1.807) is 0 Å². The van der Waals surface area contributed by atoms with Gasteiger partial charge in [0.05, 0.1) is 0 Å². The Hall–Kier alpha value is -1.93. The minimum absolute atomic E-state index is 0.0610. The summed E-state index contributed by atoms with van der Waals surface area (Å²) in [6, 6.07) is 14.8. The van der Waals surface area contributed by atoms with Crippen molar-refractivity contribution in [3.8, 4) is 0 Å². The molecule has 0 aromatic heterocycles. The molecule has 1 aliphatic rings. The molecule has 1 unspecified atom stereocenters. The number of benzene rings is 2. The van der Waals surface area contributed by atoms with Crippen LogP contribution in [0.15, 0.2) is 42.5 Å². The molecule has 0 aliphatic heterocycles. The van der Waals surface area contributed by atoms with Gasteiger partial charge in [0.25, 0.3) is 0 Å². The van der Waals surface area contributed by atoms with E-state index in [9.17, 15) is 9.90 Å². The van der Waals surface area contributed by atoms with E-state index in [-0.39, 0.29) is 18.3 Å². The molecule has 0 amide bonds. The highest BCUT2D eigenvalue weighted by Gasteiger charge is 2.48. The number of hydrogen-bond donors (Lipinski definition) is 5. The Balaban J connectivity index is 1.51. The van der Waals surface area contributed by atoms with Crippen LogP contribution in [0.1, 0.15) is 37.7 Å². The Morgan fingerprint density at radius 3 is 2.57 bits per heavy atom. The van der Waals surface area contributed by atoms with Crippen LogP contribution in [0.4, 0.5) is 0 Å². The molecule has 6 N–H and O–H groups in total. The maximum atomic E-state index is 11.8. The van der Waals surface area contributed by atoms with Gasteiger partial charge in [-0.25, -0.2) is 0 Å². The van der Waals surface area contributed by atoms with Crippen molar-refractivity contribution >= 4 is 23.9 Å². The molecular weight excluding hydrogens is 355 g/mol. The van der Waals surface area contributed by atoms with E-state index in [0.717, 1.165) is 19.4 Å². The van der Waals surface area contributed by atoms with Gasteiger partial charge in [-0.3, -0.25) is 4.79 Å². The average Bonchev–Trinajstić information content (AvgIpc) is 2.63. The third-order valence-electron chi connectivity index (χ3n) is 6.03. The predicted molar refractivity (Wildman–Crippen MR) is 111 cm³/mol. The molecule has 0 bridgehead atoms. The largest absolute Gasteiger partial charge is 0.480 e.